The van der Waals surface area contributed by atoms with Gasteiger partial charge in [0.15, 0.2) is 0 Å². The zero-order chi connectivity index (χ0) is 14.9. The van der Waals surface area contributed by atoms with E-state index in [1.807, 2.05) is 0 Å². The fraction of sp³-hybridized carbons (Fsp3) is 1.00. The van der Waals surface area contributed by atoms with Crippen LogP contribution in [-0.2, 0) is 9.47 Å². The Morgan fingerprint density at radius 2 is 1.76 bits per heavy atom. The normalized spacial score (nSPS) is 24.9. The molecule has 1 N–H and O–H groups in total. The summed E-state index contributed by atoms with van der Waals surface area (Å²) in [5, 5.41) is 3.75. The molecule has 2 fully saturated rings. The van der Waals surface area contributed by atoms with Crippen molar-refractivity contribution >= 4 is 0 Å². The van der Waals surface area contributed by atoms with Crippen LogP contribution in [0.5, 0.6) is 0 Å². The van der Waals surface area contributed by atoms with Gasteiger partial charge in [0.1, 0.15) is 0 Å². The van der Waals surface area contributed by atoms with Gasteiger partial charge in [-0.1, -0.05) is 26.2 Å². The molecule has 0 amide bonds. The number of nitrogens with one attached hydrogen (secondary N) is 1. The molecule has 2 rings (SSSR count). The molecule has 0 aromatic carbocycles. The van der Waals surface area contributed by atoms with Gasteiger partial charge >= 0.3 is 0 Å². The van der Waals surface area contributed by atoms with Gasteiger partial charge in [0.25, 0.3) is 0 Å². The quantitative estimate of drug-likeness (QED) is 0.740. The topological polar surface area (TPSA) is 30.5 Å². The van der Waals surface area contributed by atoms with E-state index in [1.165, 1.54) is 51.4 Å². The summed E-state index contributed by atoms with van der Waals surface area (Å²) in [6.45, 7) is 8.16. The molecule has 21 heavy (non-hydrogen) atoms. The maximum absolute atomic E-state index is 6.24. The van der Waals surface area contributed by atoms with Crippen LogP contribution in [0.25, 0.3) is 0 Å². The Kier molecular flexibility index (Phi) is 8.05. The van der Waals surface area contributed by atoms with Crippen LogP contribution in [0.3, 0.4) is 0 Å². The van der Waals surface area contributed by atoms with Crippen molar-refractivity contribution in [1.82, 2.24) is 5.32 Å². The van der Waals surface area contributed by atoms with Crippen molar-refractivity contribution < 1.29 is 9.47 Å². The molecule has 0 radical (unpaired) electrons. The summed E-state index contributed by atoms with van der Waals surface area (Å²) in [4.78, 5) is 0. The minimum absolute atomic E-state index is 0.415. The van der Waals surface area contributed by atoms with Crippen LogP contribution in [-0.4, -0.2) is 38.5 Å². The molecule has 0 aromatic heterocycles. The van der Waals surface area contributed by atoms with Crippen LogP contribution in [0.2, 0.25) is 0 Å². The molecule has 1 aliphatic carbocycles. The van der Waals surface area contributed by atoms with Crippen molar-refractivity contribution in [2.24, 2.45) is 11.8 Å². The van der Waals surface area contributed by atoms with Crippen LogP contribution in [0.15, 0.2) is 0 Å². The zero-order valence-electron chi connectivity index (χ0n) is 14.1. The third-order valence-corrected chi connectivity index (χ3v) is 5.26. The van der Waals surface area contributed by atoms with E-state index >= 15 is 0 Å². The minimum atomic E-state index is 0.415. The number of rotatable bonds is 8. The summed E-state index contributed by atoms with van der Waals surface area (Å²) in [6.07, 6.45) is 11.1. The van der Waals surface area contributed by atoms with Crippen LogP contribution in [0.4, 0.5) is 0 Å². The second kappa shape index (κ2) is 9.81. The maximum atomic E-state index is 6.24. The number of ether oxygens (including phenoxy) is 2. The monoisotopic (exact) mass is 297 g/mol. The fourth-order valence-corrected chi connectivity index (χ4v) is 4.17. The molecule has 2 aliphatic rings. The van der Waals surface area contributed by atoms with Crippen LogP contribution < -0.4 is 5.32 Å². The summed E-state index contributed by atoms with van der Waals surface area (Å²) < 4.78 is 11.8. The van der Waals surface area contributed by atoms with E-state index in [2.05, 4.69) is 19.2 Å². The maximum Gasteiger partial charge on any atom is 0.0756 e. The van der Waals surface area contributed by atoms with Crippen molar-refractivity contribution in [3.63, 3.8) is 0 Å². The van der Waals surface area contributed by atoms with Gasteiger partial charge in [-0.15, -0.1) is 0 Å². The highest BCUT2D eigenvalue weighted by atomic mass is 16.5. The molecule has 3 nitrogen and oxygen atoms in total. The molecular formula is C18H35NO2. The third-order valence-electron chi connectivity index (χ3n) is 5.26. The molecule has 1 aliphatic heterocycles. The molecule has 1 heterocycles. The second-order valence-electron chi connectivity index (χ2n) is 6.77. The van der Waals surface area contributed by atoms with Gasteiger partial charge in [0.05, 0.1) is 6.10 Å². The Morgan fingerprint density at radius 3 is 2.38 bits per heavy atom. The van der Waals surface area contributed by atoms with Gasteiger partial charge in [-0.05, 0) is 57.4 Å². The predicted molar refractivity (Wildman–Crippen MR) is 87.6 cm³/mol. The zero-order valence-corrected chi connectivity index (χ0v) is 14.1. The Labute approximate surface area is 131 Å². The summed E-state index contributed by atoms with van der Waals surface area (Å²) in [5.41, 5.74) is 0. The van der Waals surface area contributed by atoms with E-state index in [9.17, 15) is 0 Å². The van der Waals surface area contributed by atoms with Crippen molar-refractivity contribution in [2.45, 2.75) is 77.4 Å². The van der Waals surface area contributed by atoms with Crippen molar-refractivity contribution in [2.75, 3.05) is 26.4 Å². The first kappa shape index (κ1) is 17.2. The highest BCUT2D eigenvalue weighted by Gasteiger charge is 2.32. The minimum Gasteiger partial charge on any atom is -0.381 e. The van der Waals surface area contributed by atoms with Crippen LogP contribution >= 0.6 is 0 Å². The molecule has 0 aromatic rings. The average Bonchev–Trinajstić information content (AvgIpc) is 2.54. The summed E-state index contributed by atoms with van der Waals surface area (Å²) in [5.74, 6) is 1.58. The van der Waals surface area contributed by atoms with E-state index in [0.717, 1.165) is 38.2 Å². The first-order chi connectivity index (χ1) is 10.3. The lowest BCUT2D eigenvalue weighted by atomic mass is 9.79. The standard InChI is InChI=1S/C18H35NO2/c1-3-19-17(14-15-10-12-20-13-11-15)18(21-4-2)16-8-6-5-7-9-16/h15-19H,3-14H2,1-2H3. The van der Waals surface area contributed by atoms with E-state index in [1.54, 1.807) is 0 Å². The predicted octanol–water partition coefficient (Wildman–Crippen LogP) is 3.77. The van der Waals surface area contributed by atoms with Gasteiger partial charge in [-0.2, -0.15) is 0 Å². The molecule has 124 valence electrons. The summed E-state index contributed by atoms with van der Waals surface area (Å²) >= 11 is 0. The van der Waals surface area contributed by atoms with Gasteiger partial charge in [-0.3, -0.25) is 0 Å². The van der Waals surface area contributed by atoms with Gasteiger partial charge in [0, 0.05) is 25.9 Å². The lowest BCUT2D eigenvalue weighted by Gasteiger charge is -2.38. The Bertz CT molecular complexity index is 260. The molecule has 2 unspecified atom stereocenters. The summed E-state index contributed by atoms with van der Waals surface area (Å²) in [7, 11) is 0. The van der Waals surface area contributed by atoms with E-state index in [4.69, 9.17) is 9.47 Å². The lowest BCUT2D eigenvalue weighted by molar-refractivity contribution is -0.0279. The summed E-state index contributed by atoms with van der Waals surface area (Å²) in [6, 6.07) is 0.529. The fourth-order valence-electron chi connectivity index (χ4n) is 4.17. The van der Waals surface area contributed by atoms with E-state index in [-0.39, 0.29) is 0 Å². The highest BCUT2D eigenvalue weighted by molar-refractivity contribution is 4.87. The van der Waals surface area contributed by atoms with Gasteiger partial charge in [0.2, 0.25) is 0 Å². The third kappa shape index (κ3) is 5.54. The lowest BCUT2D eigenvalue weighted by Crippen LogP contribution is -2.47. The first-order valence-corrected chi connectivity index (χ1v) is 9.27. The molecule has 3 heteroatoms. The van der Waals surface area contributed by atoms with Crippen LogP contribution in [0, 0.1) is 11.8 Å². The van der Waals surface area contributed by atoms with Crippen molar-refractivity contribution in [3.05, 3.63) is 0 Å². The molecule has 2 atom stereocenters. The van der Waals surface area contributed by atoms with E-state index < -0.39 is 0 Å². The first-order valence-electron chi connectivity index (χ1n) is 9.27. The smallest absolute Gasteiger partial charge is 0.0756 e. The average molecular weight is 297 g/mol. The SMILES string of the molecule is CCNC(CC1CCOCC1)C(OCC)C1CCCCC1. The highest BCUT2D eigenvalue weighted by Crippen LogP contribution is 2.32. The molecular weight excluding hydrogens is 262 g/mol. The van der Waals surface area contributed by atoms with Crippen LogP contribution in [0.1, 0.15) is 65.2 Å². The Hall–Kier alpha value is -0.120. The Balaban J connectivity index is 1.95. The second-order valence-corrected chi connectivity index (χ2v) is 6.77. The number of likely N-dealkylation sites (N-methyl/N-ethyl adjacent to an activating group) is 1. The van der Waals surface area contributed by atoms with E-state index in [0.29, 0.717) is 12.1 Å². The number of hydrogen-bond acceptors (Lipinski definition) is 3. The van der Waals surface area contributed by atoms with Gasteiger partial charge in [-0.25, -0.2) is 0 Å². The molecule has 0 spiro atoms. The Morgan fingerprint density at radius 1 is 1.05 bits per heavy atom. The van der Waals surface area contributed by atoms with Crippen molar-refractivity contribution in [1.29, 1.82) is 0 Å². The number of hydrogen-bond donors (Lipinski definition) is 1. The van der Waals surface area contributed by atoms with Gasteiger partial charge < -0.3 is 14.8 Å². The largest absolute Gasteiger partial charge is 0.381 e. The molecule has 1 saturated carbocycles. The molecule has 1 saturated heterocycles. The van der Waals surface area contributed by atoms with Crippen molar-refractivity contribution in [3.8, 4) is 0 Å². The molecule has 0 bridgehead atoms.